The molecule has 3 heterocycles. The van der Waals surface area contributed by atoms with E-state index in [4.69, 9.17) is 15.2 Å². The maximum atomic E-state index is 13.7. The summed E-state index contributed by atoms with van der Waals surface area (Å²) < 4.78 is 40.7. The number of nitrogens with zero attached hydrogens (tertiary/aromatic N) is 5. The molecule has 0 saturated carbocycles. The summed E-state index contributed by atoms with van der Waals surface area (Å²) in [6.45, 7) is 3.65. The van der Waals surface area contributed by atoms with Gasteiger partial charge in [-0.3, -0.25) is 9.20 Å². The number of methoxy groups -OCH3 is 1. The molecule has 0 radical (unpaired) electrons. The van der Waals surface area contributed by atoms with Crippen LogP contribution in [-0.2, 0) is 22.6 Å². The number of aryl methyl sites for hydroxylation is 1. The SMILES string of the molecule is CCc1cc(Nc2nccn3c(-c4cn(COC)nc4C(F)F)cnc23)ccc1C(=O)NCCOCCN. The zero-order valence-electron chi connectivity index (χ0n) is 21.2. The Morgan fingerprint density at radius 2 is 2.08 bits per heavy atom. The number of anilines is 2. The number of halogens is 2. The lowest BCUT2D eigenvalue weighted by Crippen LogP contribution is -2.28. The average Bonchev–Trinajstić information content (AvgIpc) is 3.53. The van der Waals surface area contributed by atoms with Crippen molar-refractivity contribution in [3.8, 4) is 11.3 Å². The molecule has 13 heteroatoms. The predicted octanol–water partition coefficient (Wildman–Crippen LogP) is 3.15. The van der Waals surface area contributed by atoms with Crippen LogP contribution in [0.15, 0.2) is 43.0 Å². The predicted molar refractivity (Wildman–Crippen MR) is 137 cm³/mol. The van der Waals surface area contributed by atoms with E-state index >= 15 is 0 Å². The smallest absolute Gasteiger partial charge is 0.282 e. The number of nitrogens with two attached hydrogens (primary N) is 1. The van der Waals surface area contributed by atoms with Crippen LogP contribution in [0.5, 0.6) is 0 Å². The zero-order valence-corrected chi connectivity index (χ0v) is 21.2. The fourth-order valence-electron chi connectivity index (χ4n) is 4.04. The fraction of sp³-hybridized carbons (Fsp3) is 0.360. The number of aromatic nitrogens is 5. The van der Waals surface area contributed by atoms with Crippen molar-refractivity contribution >= 4 is 23.1 Å². The Labute approximate surface area is 218 Å². The highest BCUT2D eigenvalue weighted by molar-refractivity contribution is 5.96. The molecule has 4 aromatic rings. The monoisotopic (exact) mass is 528 g/mol. The number of hydrogen-bond donors (Lipinski definition) is 3. The van der Waals surface area contributed by atoms with E-state index in [9.17, 15) is 13.6 Å². The lowest BCUT2D eigenvalue weighted by Gasteiger charge is -2.13. The van der Waals surface area contributed by atoms with Gasteiger partial charge in [-0.15, -0.1) is 0 Å². The van der Waals surface area contributed by atoms with Crippen LogP contribution < -0.4 is 16.4 Å². The Morgan fingerprint density at radius 1 is 1.24 bits per heavy atom. The van der Waals surface area contributed by atoms with Crippen LogP contribution in [0.2, 0.25) is 0 Å². The molecule has 1 aromatic carbocycles. The second-order valence-electron chi connectivity index (χ2n) is 8.31. The first-order valence-electron chi connectivity index (χ1n) is 12.1. The number of imidazole rings is 1. The number of ether oxygens (including phenoxy) is 2. The van der Waals surface area contributed by atoms with Crippen molar-refractivity contribution in [2.45, 2.75) is 26.5 Å². The normalized spacial score (nSPS) is 11.4. The second kappa shape index (κ2) is 12.5. The maximum absolute atomic E-state index is 13.7. The van der Waals surface area contributed by atoms with Crippen LogP contribution in [0.4, 0.5) is 20.3 Å². The van der Waals surface area contributed by atoms with Gasteiger partial charge in [0.2, 0.25) is 0 Å². The molecular formula is C25H30F2N8O3. The molecule has 0 spiro atoms. The van der Waals surface area contributed by atoms with E-state index in [1.165, 1.54) is 24.2 Å². The standard InChI is InChI=1S/C25H30F2N8O3/c1-3-16-12-17(4-5-18(16)25(36)30-8-11-38-10-6-28)32-23-24-31-13-20(35(24)9-7-29-23)19-14-34(15-37-2)33-21(19)22(26)27/h4-5,7,9,12-14,22H,3,6,8,10-11,15,28H2,1-2H3,(H,29,32)(H,30,36). The molecular weight excluding hydrogens is 498 g/mol. The number of carbonyl (C=O) groups excluding carboxylic acids is 1. The van der Waals surface area contributed by atoms with E-state index in [0.717, 1.165) is 5.56 Å². The van der Waals surface area contributed by atoms with Crippen molar-refractivity contribution in [3.63, 3.8) is 0 Å². The third-order valence-corrected chi connectivity index (χ3v) is 5.75. The van der Waals surface area contributed by atoms with Crippen LogP contribution in [0, 0.1) is 0 Å². The molecule has 0 atom stereocenters. The highest BCUT2D eigenvalue weighted by atomic mass is 19.3. The van der Waals surface area contributed by atoms with Crippen LogP contribution in [0.3, 0.4) is 0 Å². The first-order valence-corrected chi connectivity index (χ1v) is 12.1. The van der Waals surface area contributed by atoms with Crippen LogP contribution >= 0.6 is 0 Å². The van der Waals surface area contributed by atoms with Crippen LogP contribution in [0.25, 0.3) is 16.9 Å². The lowest BCUT2D eigenvalue weighted by atomic mass is 10.0. The molecule has 1 amide bonds. The molecule has 0 bridgehead atoms. The van der Waals surface area contributed by atoms with Gasteiger partial charge in [0, 0.05) is 55.6 Å². The number of rotatable bonds is 13. The van der Waals surface area contributed by atoms with Crippen molar-refractivity contribution in [2.75, 3.05) is 38.7 Å². The largest absolute Gasteiger partial charge is 0.378 e. The van der Waals surface area contributed by atoms with Gasteiger partial charge >= 0.3 is 0 Å². The van der Waals surface area contributed by atoms with Gasteiger partial charge in [0.05, 0.1) is 25.1 Å². The molecule has 4 rings (SSSR count). The van der Waals surface area contributed by atoms with Gasteiger partial charge in [-0.25, -0.2) is 23.4 Å². The molecule has 3 aromatic heterocycles. The molecule has 202 valence electrons. The van der Waals surface area contributed by atoms with Gasteiger partial charge in [0.15, 0.2) is 11.5 Å². The number of alkyl halides is 2. The minimum Gasteiger partial charge on any atom is -0.378 e. The molecule has 0 saturated heterocycles. The maximum Gasteiger partial charge on any atom is 0.282 e. The minimum absolute atomic E-state index is 0.0423. The van der Waals surface area contributed by atoms with Gasteiger partial charge < -0.3 is 25.8 Å². The van der Waals surface area contributed by atoms with Gasteiger partial charge in [-0.05, 0) is 30.2 Å². The number of fused-ring (bicyclic) bond motifs is 1. The molecule has 38 heavy (non-hydrogen) atoms. The van der Waals surface area contributed by atoms with Crippen molar-refractivity contribution in [2.24, 2.45) is 5.73 Å². The summed E-state index contributed by atoms with van der Waals surface area (Å²) in [4.78, 5) is 21.5. The summed E-state index contributed by atoms with van der Waals surface area (Å²) in [5.41, 5.74) is 8.29. The summed E-state index contributed by atoms with van der Waals surface area (Å²) in [5.74, 6) is 0.240. The minimum atomic E-state index is -2.77. The Bertz CT molecular complexity index is 1390. The van der Waals surface area contributed by atoms with Gasteiger partial charge in [-0.1, -0.05) is 6.92 Å². The number of hydrogen-bond acceptors (Lipinski definition) is 8. The highest BCUT2D eigenvalue weighted by Gasteiger charge is 2.23. The van der Waals surface area contributed by atoms with E-state index in [2.05, 4.69) is 25.7 Å². The Balaban J connectivity index is 1.57. The third kappa shape index (κ3) is 5.96. The first kappa shape index (κ1) is 27.1. The highest BCUT2D eigenvalue weighted by Crippen LogP contribution is 2.32. The van der Waals surface area contributed by atoms with Crippen molar-refractivity contribution in [3.05, 3.63) is 59.8 Å². The van der Waals surface area contributed by atoms with Gasteiger partial charge in [0.1, 0.15) is 12.4 Å². The number of nitrogens with one attached hydrogen (secondary N) is 2. The summed E-state index contributed by atoms with van der Waals surface area (Å²) in [6.07, 6.45) is 4.07. The lowest BCUT2D eigenvalue weighted by molar-refractivity contribution is 0.0919. The van der Waals surface area contributed by atoms with Gasteiger partial charge in [-0.2, -0.15) is 5.10 Å². The van der Waals surface area contributed by atoms with Crippen LogP contribution in [0.1, 0.15) is 35.0 Å². The van der Waals surface area contributed by atoms with E-state index < -0.39 is 6.43 Å². The molecule has 0 aliphatic carbocycles. The number of benzene rings is 1. The number of amides is 1. The Morgan fingerprint density at radius 3 is 2.82 bits per heavy atom. The zero-order chi connectivity index (χ0) is 27.1. The summed E-state index contributed by atoms with van der Waals surface area (Å²) in [6, 6.07) is 5.39. The Kier molecular flexibility index (Phi) is 8.94. The van der Waals surface area contributed by atoms with Crippen molar-refractivity contribution < 1.29 is 23.0 Å². The molecule has 0 fully saturated rings. The fourth-order valence-corrected chi connectivity index (χ4v) is 4.04. The van der Waals surface area contributed by atoms with Gasteiger partial charge in [0.25, 0.3) is 12.3 Å². The molecule has 0 aliphatic rings. The second-order valence-corrected chi connectivity index (χ2v) is 8.31. The summed E-state index contributed by atoms with van der Waals surface area (Å²) in [7, 11) is 1.46. The third-order valence-electron chi connectivity index (χ3n) is 5.75. The van der Waals surface area contributed by atoms with E-state index in [1.54, 1.807) is 28.9 Å². The van der Waals surface area contributed by atoms with Crippen molar-refractivity contribution in [1.82, 2.24) is 29.5 Å². The summed E-state index contributed by atoms with van der Waals surface area (Å²) >= 11 is 0. The molecule has 0 aliphatic heterocycles. The first-order chi connectivity index (χ1) is 18.5. The molecule has 4 N–H and O–H groups in total. The van der Waals surface area contributed by atoms with Crippen molar-refractivity contribution in [1.29, 1.82) is 0 Å². The van der Waals surface area contributed by atoms with Crippen LogP contribution in [-0.4, -0.2) is 63.5 Å². The number of carbonyl (C=O) groups is 1. The average molecular weight is 529 g/mol. The topological polar surface area (TPSA) is 134 Å². The molecule has 0 unspecified atom stereocenters. The van der Waals surface area contributed by atoms with E-state index in [0.29, 0.717) is 61.1 Å². The quantitative estimate of drug-likeness (QED) is 0.225. The Hall–Kier alpha value is -3.94. The van der Waals surface area contributed by atoms with E-state index in [1.807, 2.05) is 13.0 Å². The summed E-state index contributed by atoms with van der Waals surface area (Å²) in [5, 5.41) is 10.0. The molecule has 11 nitrogen and oxygen atoms in total. The van der Waals surface area contributed by atoms with E-state index in [-0.39, 0.29) is 23.9 Å².